The van der Waals surface area contributed by atoms with Crippen molar-refractivity contribution in [2.24, 2.45) is 22.7 Å². The standard InChI is InChI=1S/C22H32O6/c1-11-13-10-22(26)9-6-14-20(3,4)15(27-12(2)23)7-8-21(14,5)18(22)16(24)17(13)28-19(11)25/h14-18,24,26H,6-10H2,1-5H3/t14-,15+,16-,17+,18+,21-,22-/m1/s1. The van der Waals surface area contributed by atoms with Crippen LogP contribution < -0.4 is 0 Å². The molecule has 6 heteroatoms. The highest BCUT2D eigenvalue weighted by atomic mass is 16.6. The van der Waals surface area contributed by atoms with Crippen LogP contribution >= 0.6 is 0 Å². The molecule has 4 aliphatic rings. The lowest BCUT2D eigenvalue weighted by atomic mass is 9.42. The Balaban J connectivity index is 1.72. The Hall–Kier alpha value is -1.40. The topological polar surface area (TPSA) is 93.1 Å². The third-order valence-electron chi connectivity index (χ3n) is 8.45. The smallest absolute Gasteiger partial charge is 0.334 e. The minimum absolute atomic E-state index is 0.169. The quantitative estimate of drug-likeness (QED) is 0.666. The summed E-state index contributed by atoms with van der Waals surface area (Å²) < 4.78 is 11.1. The lowest BCUT2D eigenvalue weighted by molar-refractivity contribution is -0.247. The zero-order chi connectivity index (χ0) is 20.6. The summed E-state index contributed by atoms with van der Waals surface area (Å²) >= 11 is 0. The monoisotopic (exact) mass is 392 g/mol. The van der Waals surface area contributed by atoms with Crippen molar-refractivity contribution >= 4 is 11.9 Å². The molecule has 0 aromatic rings. The van der Waals surface area contributed by atoms with E-state index >= 15 is 0 Å². The van der Waals surface area contributed by atoms with Gasteiger partial charge in [0.05, 0.1) is 5.60 Å². The first-order valence-corrected chi connectivity index (χ1v) is 10.4. The van der Waals surface area contributed by atoms with E-state index < -0.39 is 17.8 Å². The first kappa shape index (κ1) is 19.9. The van der Waals surface area contributed by atoms with Crippen LogP contribution in [-0.2, 0) is 19.1 Å². The third kappa shape index (κ3) is 2.53. The lowest BCUT2D eigenvalue weighted by Gasteiger charge is -2.65. The van der Waals surface area contributed by atoms with Gasteiger partial charge in [0.25, 0.3) is 0 Å². The highest BCUT2D eigenvalue weighted by Crippen LogP contribution is 2.66. The average molecular weight is 392 g/mol. The number of aliphatic hydroxyl groups is 2. The van der Waals surface area contributed by atoms with Gasteiger partial charge >= 0.3 is 11.9 Å². The molecule has 156 valence electrons. The van der Waals surface area contributed by atoms with Gasteiger partial charge in [-0.2, -0.15) is 0 Å². The predicted octanol–water partition coefficient (Wildman–Crippen LogP) is 2.51. The Labute approximate surface area is 166 Å². The molecule has 3 aliphatic carbocycles. The number of carbonyl (C=O) groups excluding carboxylic acids is 2. The molecular weight excluding hydrogens is 360 g/mol. The number of aliphatic hydroxyl groups excluding tert-OH is 1. The van der Waals surface area contributed by atoms with Gasteiger partial charge in [-0.05, 0) is 49.5 Å². The van der Waals surface area contributed by atoms with Crippen LogP contribution in [0.4, 0.5) is 0 Å². The van der Waals surface area contributed by atoms with Gasteiger partial charge < -0.3 is 19.7 Å². The van der Waals surface area contributed by atoms with Gasteiger partial charge in [0.15, 0.2) is 6.10 Å². The van der Waals surface area contributed by atoms with E-state index in [1.165, 1.54) is 6.92 Å². The van der Waals surface area contributed by atoms with E-state index in [1.807, 2.05) is 0 Å². The van der Waals surface area contributed by atoms with E-state index in [2.05, 4.69) is 20.8 Å². The van der Waals surface area contributed by atoms with Crippen molar-refractivity contribution < 1.29 is 29.3 Å². The van der Waals surface area contributed by atoms with Crippen molar-refractivity contribution in [3.8, 4) is 0 Å². The zero-order valence-corrected chi connectivity index (χ0v) is 17.4. The second kappa shape index (κ2) is 6.05. The van der Waals surface area contributed by atoms with E-state index in [1.54, 1.807) is 6.92 Å². The summed E-state index contributed by atoms with van der Waals surface area (Å²) in [6.45, 7) is 9.58. The van der Waals surface area contributed by atoms with Crippen molar-refractivity contribution in [2.45, 2.75) is 90.6 Å². The summed E-state index contributed by atoms with van der Waals surface area (Å²) in [6.07, 6.45) is 1.44. The van der Waals surface area contributed by atoms with Gasteiger partial charge in [-0.15, -0.1) is 0 Å². The van der Waals surface area contributed by atoms with Crippen LogP contribution in [0.1, 0.15) is 66.7 Å². The number of esters is 2. The SMILES string of the molecule is CC(=O)O[C@H]1CC[C@]2(C)[C@H](CC[C@@]3(O)CC4=C(C)C(=O)O[C@@H]4[C@@H](O)[C@H]32)C1(C)C. The summed E-state index contributed by atoms with van der Waals surface area (Å²) in [5.74, 6) is -0.859. The number of fused-ring (bicyclic) bond motifs is 4. The van der Waals surface area contributed by atoms with Crippen LogP contribution in [0, 0.1) is 22.7 Å². The molecule has 6 nitrogen and oxygen atoms in total. The van der Waals surface area contributed by atoms with Crippen molar-refractivity contribution in [1.82, 2.24) is 0 Å². The van der Waals surface area contributed by atoms with Crippen LogP contribution in [0.15, 0.2) is 11.1 Å². The van der Waals surface area contributed by atoms with Gasteiger partial charge in [-0.1, -0.05) is 20.8 Å². The summed E-state index contributed by atoms with van der Waals surface area (Å²) in [5, 5.41) is 23.0. The fraction of sp³-hybridized carbons (Fsp3) is 0.818. The van der Waals surface area contributed by atoms with Gasteiger partial charge in [0.1, 0.15) is 12.2 Å². The van der Waals surface area contributed by atoms with Crippen LogP contribution in [0.5, 0.6) is 0 Å². The Bertz CT molecular complexity index is 754. The molecule has 7 atom stereocenters. The molecule has 0 saturated heterocycles. The predicted molar refractivity (Wildman–Crippen MR) is 101 cm³/mol. The molecule has 0 radical (unpaired) electrons. The second-order valence-electron chi connectivity index (χ2n) is 10.3. The molecular formula is C22H32O6. The minimum atomic E-state index is -1.05. The zero-order valence-electron chi connectivity index (χ0n) is 17.4. The van der Waals surface area contributed by atoms with E-state index in [0.717, 1.165) is 18.4 Å². The Morgan fingerprint density at radius 1 is 1.21 bits per heavy atom. The van der Waals surface area contributed by atoms with E-state index in [4.69, 9.17) is 9.47 Å². The first-order valence-electron chi connectivity index (χ1n) is 10.4. The van der Waals surface area contributed by atoms with Gasteiger partial charge in [0.2, 0.25) is 0 Å². The van der Waals surface area contributed by atoms with Crippen molar-refractivity contribution in [3.05, 3.63) is 11.1 Å². The fourth-order valence-corrected chi connectivity index (χ4v) is 7.25. The van der Waals surface area contributed by atoms with Crippen molar-refractivity contribution in [1.29, 1.82) is 0 Å². The number of carbonyl (C=O) groups is 2. The number of hydrogen-bond acceptors (Lipinski definition) is 6. The maximum atomic E-state index is 12.1. The highest BCUT2D eigenvalue weighted by Gasteiger charge is 2.67. The largest absolute Gasteiger partial charge is 0.462 e. The molecule has 3 fully saturated rings. The molecule has 1 heterocycles. The van der Waals surface area contributed by atoms with Crippen LogP contribution in [0.25, 0.3) is 0 Å². The molecule has 0 bridgehead atoms. The van der Waals surface area contributed by atoms with Gasteiger partial charge in [-0.3, -0.25) is 4.79 Å². The van der Waals surface area contributed by atoms with Crippen LogP contribution in [0.2, 0.25) is 0 Å². The van der Waals surface area contributed by atoms with E-state index in [9.17, 15) is 19.8 Å². The fourth-order valence-electron chi connectivity index (χ4n) is 7.25. The highest BCUT2D eigenvalue weighted by molar-refractivity contribution is 5.92. The van der Waals surface area contributed by atoms with Gasteiger partial charge in [-0.25, -0.2) is 4.79 Å². The second-order valence-corrected chi connectivity index (χ2v) is 10.3. The normalized spacial score (nSPS) is 47.0. The minimum Gasteiger partial charge on any atom is -0.462 e. The molecule has 0 aromatic carbocycles. The molecule has 2 N–H and O–H groups in total. The van der Waals surface area contributed by atoms with Crippen LogP contribution in [0.3, 0.4) is 0 Å². The van der Waals surface area contributed by atoms with E-state index in [-0.39, 0.29) is 40.7 Å². The summed E-state index contributed by atoms with van der Waals surface area (Å²) in [5.41, 5.74) is -0.358. The van der Waals surface area contributed by atoms with Gasteiger partial charge in [0, 0.05) is 30.3 Å². The Morgan fingerprint density at radius 2 is 1.89 bits per heavy atom. The number of rotatable bonds is 1. The number of hydrogen-bond donors (Lipinski definition) is 2. The lowest BCUT2D eigenvalue weighted by Crippen LogP contribution is -2.68. The maximum absolute atomic E-state index is 12.1. The molecule has 1 aliphatic heterocycles. The molecule has 3 saturated carbocycles. The molecule has 4 rings (SSSR count). The molecule has 0 spiro atoms. The third-order valence-corrected chi connectivity index (χ3v) is 8.45. The van der Waals surface area contributed by atoms with E-state index in [0.29, 0.717) is 24.8 Å². The molecule has 0 unspecified atom stereocenters. The number of ether oxygens (including phenoxy) is 2. The summed E-state index contributed by atoms with van der Waals surface area (Å²) in [6, 6.07) is 0. The van der Waals surface area contributed by atoms with Crippen molar-refractivity contribution in [3.63, 3.8) is 0 Å². The average Bonchev–Trinajstić information content (AvgIpc) is 2.85. The molecule has 28 heavy (non-hydrogen) atoms. The Kier molecular flexibility index (Phi) is 4.30. The molecule has 0 amide bonds. The maximum Gasteiger partial charge on any atom is 0.334 e. The Morgan fingerprint density at radius 3 is 2.54 bits per heavy atom. The summed E-state index contributed by atoms with van der Waals surface area (Å²) in [4.78, 5) is 23.7. The molecule has 0 aromatic heterocycles. The van der Waals surface area contributed by atoms with Crippen LogP contribution in [-0.4, -0.2) is 46.1 Å². The summed E-state index contributed by atoms with van der Waals surface area (Å²) in [7, 11) is 0. The van der Waals surface area contributed by atoms with Crippen molar-refractivity contribution in [2.75, 3.05) is 0 Å². The first-order chi connectivity index (χ1) is 12.9.